The maximum absolute atomic E-state index is 5.47. The first-order valence-corrected chi connectivity index (χ1v) is 4.31. The van der Waals surface area contributed by atoms with Crippen LogP contribution in [0.3, 0.4) is 0 Å². The van der Waals surface area contributed by atoms with Crippen LogP contribution in [0.5, 0.6) is 0 Å². The molecule has 0 radical (unpaired) electrons. The van der Waals surface area contributed by atoms with E-state index in [2.05, 4.69) is 24.8 Å². The van der Waals surface area contributed by atoms with E-state index >= 15 is 0 Å². The van der Waals surface area contributed by atoms with E-state index in [9.17, 15) is 0 Å². The number of alkyl halides is 1. The van der Waals surface area contributed by atoms with Gasteiger partial charge in [0, 0.05) is 12.4 Å². The summed E-state index contributed by atoms with van der Waals surface area (Å²) in [5.74, 6) is 0.626. The lowest BCUT2D eigenvalue weighted by molar-refractivity contribution is 0.337. The van der Waals surface area contributed by atoms with Crippen molar-refractivity contribution < 1.29 is 0 Å². The van der Waals surface area contributed by atoms with Gasteiger partial charge < -0.3 is 4.90 Å². The number of allylic oxidation sites excluding steroid dienone is 1. The summed E-state index contributed by atoms with van der Waals surface area (Å²) in [6.45, 7) is 7.59. The van der Waals surface area contributed by atoms with E-state index in [0.29, 0.717) is 5.88 Å². The van der Waals surface area contributed by atoms with Crippen molar-refractivity contribution in [1.82, 2.24) is 4.90 Å². The van der Waals surface area contributed by atoms with Crippen LogP contribution in [0.25, 0.3) is 0 Å². The summed E-state index contributed by atoms with van der Waals surface area (Å²) >= 11 is 5.47. The third-order valence-corrected chi connectivity index (χ3v) is 1.69. The molecule has 0 bridgehead atoms. The standard InChI is InChI=1S/C8H16ClN/c1-3-10(4-2)8-6-5-7-9/h5-6H,3-4,7-8H2,1-2H3/b6-5+. The molecule has 0 fully saturated rings. The largest absolute Gasteiger partial charge is 0.300 e. The zero-order chi connectivity index (χ0) is 7.82. The number of halogens is 1. The Morgan fingerprint density at radius 2 is 1.80 bits per heavy atom. The molecule has 0 aromatic heterocycles. The Bertz CT molecular complexity index is 87.3. The van der Waals surface area contributed by atoms with E-state index in [-0.39, 0.29) is 0 Å². The number of nitrogens with zero attached hydrogens (tertiary/aromatic N) is 1. The average molecular weight is 162 g/mol. The third kappa shape index (κ3) is 4.83. The first kappa shape index (κ1) is 9.99. The SMILES string of the molecule is CCN(CC)C/C=C/CCl. The third-order valence-electron chi connectivity index (χ3n) is 1.51. The summed E-state index contributed by atoms with van der Waals surface area (Å²) in [5, 5.41) is 0. The first-order chi connectivity index (χ1) is 4.85. The Morgan fingerprint density at radius 1 is 1.20 bits per heavy atom. The smallest absolute Gasteiger partial charge is 0.0404 e. The number of rotatable bonds is 5. The molecule has 0 aliphatic heterocycles. The van der Waals surface area contributed by atoms with Gasteiger partial charge in [0.15, 0.2) is 0 Å². The Kier molecular flexibility index (Phi) is 7.09. The Hall–Kier alpha value is -0.0100. The minimum atomic E-state index is 0.626. The summed E-state index contributed by atoms with van der Waals surface area (Å²) in [6.07, 6.45) is 4.10. The topological polar surface area (TPSA) is 3.24 Å². The van der Waals surface area contributed by atoms with Crippen LogP contribution in [0.4, 0.5) is 0 Å². The van der Waals surface area contributed by atoms with Crippen LogP contribution in [-0.4, -0.2) is 30.4 Å². The molecule has 0 atom stereocenters. The molecule has 0 N–H and O–H groups in total. The number of hydrogen-bond acceptors (Lipinski definition) is 1. The fourth-order valence-corrected chi connectivity index (χ4v) is 0.894. The summed E-state index contributed by atoms with van der Waals surface area (Å²) in [5.41, 5.74) is 0. The minimum absolute atomic E-state index is 0.626. The highest BCUT2D eigenvalue weighted by atomic mass is 35.5. The zero-order valence-electron chi connectivity index (χ0n) is 6.81. The molecule has 1 nitrogen and oxygen atoms in total. The second kappa shape index (κ2) is 7.10. The van der Waals surface area contributed by atoms with Crippen LogP contribution in [0.1, 0.15) is 13.8 Å². The van der Waals surface area contributed by atoms with Gasteiger partial charge in [-0.05, 0) is 13.1 Å². The normalized spacial score (nSPS) is 11.6. The molecule has 0 aromatic rings. The first-order valence-electron chi connectivity index (χ1n) is 3.78. The predicted octanol–water partition coefficient (Wildman–Crippen LogP) is 2.12. The van der Waals surface area contributed by atoms with E-state index in [1.165, 1.54) is 0 Å². The molecule has 0 spiro atoms. The van der Waals surface area contributed by atoms with Crippen molar-refractivity contribution in [2.24, 2.45) is 0 Å². The molecule has 0 unspecified atom stereocenters. The van der Waals surface area contributed by atoms with Crippen LogP contribution in [0.2, 0.25) is 0 Å². The monoisotopic (exact) mass is 161 g/mol. The van der Waals surface area contributed by atoms with Crippen LogP contribution >= 0.6 is 11.6 Å². The van der Waals surface area contributed by atoms with Crippen LogP contribution in [0.15, 0.2) is 12.2 Å². The van der Waals surface area contributed by atoms with Gasteiger partial charge in [-0.1, -0.05) is 26.0 Å². The molecule has 0 amide bonds. The number of likely N-dealkylation sites (N-methyl/N-ethyl adjacent to an activating group) is 1. The van der Waals surface area contributed by atoms with E-state index in [4.69, 9.17) is 11.6 Å². The Balaban J connectivity index is 3.34. The summed E-state index contributed by atoms with van der Waals surface area (Å²) in [4.78, 5) is 2.34. The van der Waals surface area contributed by atoms with Crippen LogP contribution < -0.4 is 0 Å². The second-order valence-electron chi connectivity index (χ2n) is 2.11. The molecule has 0 aliphatic carbocycles. The van der Waals surface area contributed by atoms with Gasteiger partial charge in [-0.25, -0.2) is 0 Å². The number of hydrogen-bond donors (Lipinski definition) is 0. The van der Waals surface area contributed by atoms with E-state index in [1.807, 2.05) is 6.08 Å². The molecule has 0 saturated heterocycles. The van der Waals surface area contributed by atoms with Gasteiger partial charge in [0.1, 0.15) is 0 Å². The maximum Gasteiger partial charge on any atom is 0.0404 e. The van der Waals surface area contributed by atoms with Gasteiger partial charge in [-0.15, -0.1) is 11.6 Å². The van der Waals surface area contributed by atoms with Crippen molar-refractivity contribution in [3.63, 3.8) is 0 Å². The van der Waals surface area contributed by atoms with E-state index in [0.717, 1.165) is 19.6 Å². The molecular formula is C8H16ClN. The highest BCUT2D eigenvalue weighted by Crippen LogP contribution is 1.87. The zero-order valence-corrected chi connectivity index (χ0v) is 7.56. The lowest BCUT2D eigenvalue weighted by Gasteiger charge is -2.14. The summed E-state index contributed by atoms with van der Waals surface area (Å²) < 4.78 is 0. The van der Waals surface area contributed by atoms with E-state index < -0.39 is 0 Å². The minimum Gasteiger partial charge on any atom is -0.300 e. The Morgan fingerprint density at radius 3 is 2.20 bits per heavy atom. The molecule has 2 heteroatoms. The van der Waals surface area contributed by atoms with Gasteiger partial charge in [-0.2, -0.15) is 0 Å². The molecule has 60 valence electrons. The van der Waals surface area contributed by atoms with Gasteiger partial charge in [0.25, 0.3) is 0 Å². The molecule has 0 saturated carbocycles. The van der Waals surface area contributed by atoms with Crippen LogP contribution in [-0.2, 0) is 0 Å². The van der Waals surface area contributed by atoms with Crippen LogP contribution in [0, 0.1) is 0 Å². The van der Waals surface area contributed by atoms with Gasteiger partial charge >= 0.3 is 0 Å². The molecule has 0 rings (SSSR count). The fourth-order valence-electron chi connectivity index (χ4n) is 0.768. The van der Waals surface area contributed by atoms with Gasteiger partial charge in [-0.3, -0.25) is 0 Å². The van der Waals surface area contributed by atoms with Crippen molar-refractivity contribution >= 4 is 11.6 Å². The molecule has 0 aliphatic rings. The highest BCUT2D eigenvalue weighted by molar-refractivity contribution is 6.18. The molecule has 0 aromatic carbocycles. The van der Waals surface area contributed by atoms with Crippen molar-refractivity contribution in [1.29, 1.82) is 0 Å². The van der Waals surface area contributed by atoms with Crippen molar-refractivity contribution in [3.05, 3.63) is 12.2 Å². The summed E-state index contributed by atoms with van der Waals surface area (Å²) in [7, 11) is 0. The lowest BCUT2D eigenvalue weighted by Crippen LogP contribution is -2.22. The fraction of sp³-hybridized carbons (Fsp3) is 0.750. The maximum atomic E-state index is 5.47. The molecular weight excluding hydrogens is 146 g/mol. The van der Waals surface area contributed by atoms with Crippen molar-refractivity contribution in [3.8, 4) is 0 Å². The average Bonchev–Trinajstić information content (AvgIpc) is 1.99. The molecule has 0 heterocycles. The highest BCUT2D eigenvalue weighted by Gasteiger charge is 1.92. The quantitative estimate of drug-likeness (QED) is 0.441. The van der Waals surface area contributed by atoms with Crippen molar-refractivity contribution in [2.75, 3.05) is 25.5 Å². The van der Waals surface area contributed by atoms with Gasteiger partial charge in [0.05, 0.1) is 0 Å². The second-order valence-corrected chi connectivity index (χ2v) is 2.42. The van der Waals surface area contributed by atoms with Crippen molar-refractivity contribution in [2.45, 2.75) is 13.8 Å². The molecule has 10 heavy (non-hydrogen) atoms. The lowest BCUT2D eigenvalue weighted by atomic mass is 10.4. The predicted molar refractivity (Wildman–Crippen MR) is 47.6 cm³/mol. The summed E-state index contributed by atoms with van der Waals surface area (Å²) in [6, 6.07) is 0. The Labute approximate surface area is 68.7 Å². The van der Waals surface area contributed by atoms with Gasteiger partial charge in [0.2, 0.25) is 0 Å². The van der Waals surface area contributed by atoms with E-state index in [1.54, 1.807) is 0 Å².